The van der Waals surface area contributed by atoms with Crippen molar-refractivity contribution in [1.29, 1.82) is 0 Å². The number of hydrogen-bond acceptors (Lipinski definition) is 0. The molecule has 0 fully saturated rings. The lowest BCUT2D eigenvalue weighted by atomic mass is 10.0. The van der Waals surface area contributed by atoms with Gasteiger partial charge in [-0.25, -0.2) is 0 Å². The summed E-state index contributed by atoms with van der Waals surface area (Å²) in [5, 5.41) is 2.77. The van der Waals surface area contributed by atoms with Crippen LogP contribution in [0.5, 0.6) is 0 Å². The van der Waals surface area contributed by atoms with Crippen molar-refractivity contribution in [3.8, 4) is 11.1 Å². The first-order valence-electron chi connectivity index (χ1n) is 6.81. The van der Waals surface area contributed by atoms with Crippen molar-refractivity contribution in [2.24, 2.45) is 0 Å². The molecule has 96 valence electrons. The minimum absolute atomic E-state index is 0.728. The van der Waals surface area contributed by atoms with E-state index >= 15 is 0 Å². The Labute approximate surface area is 122 Å². The molecule has 0 aliphatic heterocycles. The monoisotopic (exact) mass is 272 g/mol. The van der Waals surface area contributed by atoms with Crippen LogP contribution in [-0.2, 0) is 0 Å². The Morgan fingerprint density at radius 1 is 0.600 bits per heavy atom. The summed E-state index contributed by atoms with van der Waals surface area (Å²) < 4.78 is 0. The summed E-state index contributed by atoms with van der Waals surface area (Å²) in [6, 6.07) is 28.1. The molecule has 2 radical (unpaired) electrons. The zero-order chi connectivity index (χ0) is 13.8. The van der Waals surface area contributed by atoms with Crippen LogP contribution in [0.1, 0.15) is 5.56 Å². The van der Waals surface area contributed by atoms with E-state index in [1.54, 1.807) is 0 Å². The Bertz CT molecular complexity index is 684. The maximum atomic E-state index is 2.24. The molecule has 0 N–H and O–H groups in total. The van der Waals surface area contributed by atoms with Gasteiger partial charge in [0.05, 0.1) is 0 Å². The fourth-order valence-corrected chi connectivity index (χ4v) is 3.34. The van der Waals surface area contributed by atoms with Crippen molar-refractivity contribution in [2.75, 3.05) is 0 Å². The molecule has 0 aliphatic rings. The molecule has 0 spiro atoms. The van der Waals surface area contributed by atoms with Crippen molar-refractivity contribution in [3.05, 3.63) is 84.4 Å². The molecule has 3 aromatic rings. The molecule has 3 rings (SSSR count). The Morgan fingerprint density at radius 2 is 1.20 bits per heavy atom. The highest BCUT2D eigenvalue weighted by molar-refractivity contribution is 6.67. The van der Waals surface area contributed by atoms with E-state index in [0.717, 1.165) is 9.52 Å². The Hall–Kier alpha value is -2.12. The van der Waals surface area contributed by atoms with Crippen LogP contribution in [-0.4, -0.2) is 9.52 Å². The summed E-state index contributed by atoms with van der Waals surface area (Å²) in [6.07, 6.45) is 0. The van der Waals surface area contributed by atoms with Crippen LogP contribution in [0.25, 0.3) is 11.1 Å². The van der Waals surface area contributed by atoms with Crippen molar-refractivity contribution < 1.29 is 0 Å². The van der Waals surface area contributed by atoms with E-state index in [2.05, 4.69) is 85.8 Å². The van der Waals surface area contributed by atoms with Gasteiger partial charge in [0.15, 0.2) is 0 Å². The minimum atomic E-state index is 0.728. The molecule has 0 bridgehead atoms. The van der Waals surface area contributed by atoms with Crippen LogP contribution in [0.3, 0.4) is 0 Å². The third kappa shape index (κ3) is 2.89. The van der Waals surface area contributed by atoms with Crippen LogP contribution in [0.4, 0.5) is 0 Å². The molecule has 20 heavy (non-hydrogen) atoms. The highest BCUT2D eigenvalue weighted by Crippen LogP contribution is 2.21. The van der Waals surface area contributed by atoms with Crippen molar-refractivity contribution in [3.63, 3.8) is 0 Å². The molecule has 0 unspecified atom stereocenters. The molecule has 0 nitrogen and oxygen atoms in total. The predicted octanol–water partition coefficient (Wildman–Crippen LogP) is 3.32. The molecule has 0 amide bonds. The van der Waals surface area contributed by atoms with E-state index in [0.29, 0.717) is 0 Å². The first-order valence-corrected chi connectivity index (χ1v) is 7.81. The van der Waals surface area contributed by atoms with Gasteiger partial charge in [-0.15, -0.1) is 0 Å². The molecule has 3 aromatic carbocycles. The third-order valence-corrected chi connectivity index (χ3v) is 4.65. The smallest absolute Gasteiger partial charge is 0.0631 e. The summed E-state index contributed by atoms with van der Waals surface area (Å²) in [5.74, 6) is 0. The highest BCUT2D eigenvalue weighted by atomic mass is 28.2. The van der Waals surface area contributed by atoms with E-state index in [9.17, 15) is 0 Å². The lowest BCUT2D eigenvalue weighted by Gasteiger charge is -2.07. The second-order valence-corrected chi connectivity index (χ2v) is 6.29. The zero-order valence-electron chi connectivity index (χ0n) is 11.5. The minimum Gasteiger partial charge on any atom is -0.0631 e. The standard InChI is InChI=1S/C19H16Si/c1-15-7-5-6-10-19(15)16-11-13-18(14-12-16)20-17-8-3-2-4-9-17/h2-14H,1H3. The average molecular weight is 272 g/mol. The summed E-state index contributed by atoms with van der Waals surface area (Å²) in [5.41, 5.74) is 3.94. The van der Waals surface area contributed by atoms with Crippen LogP contribution >= 0.6 is 0 Å². The summed E-state index contributed by atoms with van der Waals surface area (Å²) in [6.45, 7) is 2.16. The van der Waals surface area contributed by atoms with E-state index in [1.165, 1.54) is 27.1 Å². The van der Waals surface area contributed by atoms with E-state index in [4.69, 9.17) is 0 Å². The zero-order valence-corrected chi connectivity index (χ0v) is 12.5. The van der Waals surface area contributed by atoms with Gasteiger partial charge in [0.1, 0.15) is 9.52 Å². The lowest BCUT2D eigenvalue weighted by molar-refractivity contribution is 1.46. The maximum absolute atomic E-state index is 2.24. The van der Waals surface area contributed by atoms with Crippen molar-refractivity contribution >= 4 is 19.9 Å². The number of benzene rings is 3. The maximum Gasteiger partial charge on any atom is 0.121 e. The predicted molar refractivity (Wildman–Crippen MR) is 88.1 cm³/mol. The molecule has 0 heterocycles. The number of hydrogen-bond donors (Lipinski definition) is 0. The summed E-state index contributed by atoms with van der Waals surface area (Å²) in [4.78, 5) is 0. The van der Waals surface area contributed by atoms with Crippen molar-refractivity contribution in [2.45, 2.75) is 6.92 Å². The van der Waals surface area contributed by atoms with Crippen LogP contribution in [0, 0.1) is 6.92 Å². The molecular weight excluding hydrogens is 256 g/mol. The first-order chi connectivity index (χ1) is 9.83. The molecule has 0 aromatic heterocycles. The quantitative estimate of drug-likeness (QED) is 0.642. The van der Waals surface area contributed by atoms with Gasteiger partial charge in [0, 0.05) is 0 Å². The number of rotatable bonds is 3. The molecule has 0 saturated carbocycles. The van der Waals surface area contributed by atoms with Gasteiger partial charge in [0.25, 0.3) is 0 Å². The molecule has 0 saturated heterocycles. The second-order valence-electron chi connectivity index (χ2n) is 4.88. The van der Waals surface area contributed by atoms with E-state index in [1.807, 2.05) is 0 Å². The Kier molecular flexibility index (Phi) is 3.80. The van der Waals surface area contributed by atoms with Gasteiger partial charge in [-0.3, -0.25) is 0 Å². The molecule has 0 atom stereocenters. The topological polar surface area (TPSA) is 0 Å². The van der Waals surface area contributed by atoms with Gasteiger partial charge < -0.3 is 0 Å². The van der Waals surface area contributed by atoms with Gasteiger partial charge in [-0.1, -0.05) is 89.2 Å². The van der Waals surface area contributed by atoms with E-state index in [-0.39, 0.29) is 0 Å². The highest BCUT2D eigenvalue weighted by Gasteiger charge is 2.02. The molecule has 0 aliphatic carbocycles. The van der Waals surface area contributed by atoms with E-state index < -0.39 is 0 Å². The largest absolute Gasteiger partial charge is 0.121 e. The van der Waals surface area contributed by atoms with Crippen molar-refractivity contribution in [1.82, 2.24) is 0 Å². The fourth-order valence-electron chi connectivity index (χ4n) is 2.32. The Morgan fingerprint density at radius 3 is 1.90 bits per heavy atom. The average Bonchev–Trinajstić information content (AvgIpc) is 2.50. The number of aryl methyl sites for hydroxylation is 1. The van der Waals surface area contributed by atoms with Gasteiger partial charge in [0.2, 0.25) is 0 Å². The van der Waals surface area contributed by atoms with Crippen LogP contribution in [0.15, 0.2) is 78.9 Å². The first kappa shape index (κ1) is 12.9. The van der Waals surface area contributed by atoms with Crippen LogP contribution in [0.2, 0.25) is 0 Å². The lowest BCUT2D eigenvalue weighted by Crippen LogP contribution is -2.26. The normalized spacial score (nSPS) is 10.4. The summed E-state index contributed by atoms with van der Waals surface area (Å²) in [7, 11) is 0.728. The third-order valence-electron chi connectivity index (χ3n) is 3.40. The van der Waals surface area contributed by atoms with Gasteiger partial charge >= 0.3 is 0 Å². The van der Waals surface area contributed by atoms with Crippen LogP contribution < -0.4 is 10.4 Å². The van der Waals surface area contributed by atoms with Gasteiger partial charge in [-0.2, -0.15) is 0 Å². The SMILES string of the molecule is Cc1ccccc1-c1ccc([Si]c2ccccc2)cc1. The Balaban J connectivity index is 1.83. The fraction of sp³-hybridized carbons (Fsp3) is 0.0526. The second kappa shape index (κ2) is 5.89. The van der Waals surface area contributed by atoms with Gasteiger partial charge in [-0.05, 0) is 23.6 Å². The summed E-state index contributed by atoms with van der Waals surface area (Å²) >= 11 is 0. The molecule has 1 heteroatoms. The molecular formula is C19H16Si.